The Morgan fingerprint density at radius 3 is 2.02 bits per heavy atom. The van der Waals surface area contributed by atoms with Gasteiger partial charge in [0.25, 0.3) is 0 Å². The Balaban J connectivity index is 0. The fourth-order valence-electron chi connectivity index (χ4n) is 4.32. The lowest BCUT2D eigenvalue weighted by Crippen LogP contribution is -2.41. The fraction of sp³-hybridized carbons (Fsp3) is 0.579. The van der Waals surface area contributed by atoms with Crippen molar-refractivity contribution in [2.75, 3.05) is 44.2 Å². The number of amides is 4. The van der Waals surface area contributed by atoms with E-state index < -0.39 is 0 Å². The van der Waals surface area contributed by atoms with Crippen LogP contribution in [0.4, 0.5) is 5.69 Å². The molecule has 2 unspecified atom stereocenters. The second-order valence-electron chi connectivity index (χ2n) is 12.5. The molecule has 1 saturated heterocycles. The van der Waals surface area contributed by atoms with Gasteiger partial charge < -0.3 is 35.0 Å². The zero-order valence-corrected chi connectivity index (χ0v) is 32.8. The van der Waals surface area contributed by atoms with Crippen LogP contribution in [0, 0.1) is 6.92 Å². The summed E-state index contributed by atoms with van der Waals surface area (Å²) in [6.07, 6.45) is 10.3. The van der Waals surface area contributed by atoms with Crippen molar-refractivity contribution in [1.82, 2.24) is 15.5 Å². The summed E-state index contributed by atoms with van der Waals surface area (Å²) in [5, 5.41) is 12.7. The van der Waals surface area contributed by atoms with Gasteiger partial charge in [0.1, 0.15) is 11.9 Å². The first kappa shape index (κ1) is 48.5. The lowest BCUT2D eigenvalue weighted by Gasteiger charge is -2.26. The summed E-state index contributed by atoms with van der Waals surface area (Å²) in [6.45, 7) is 16.7. The number of carbonyl (C=O) groups excluding carboxylic acids is 4. The van der Waals surface area contributed by atoms with Crippen LogP contribution in [0.15, 0.2) is 48.5 Å². The van der Waals surface area contributed by atoms with Crippen LogP contribution in [0.1, 0.15) is 78.4 Å². The third-order valence-corrected chi connectivity index (χ3v) is 7.30. The fourth-order valence-corrected chi connectivity index (χ4v) is 4.32. The van der Waals surface area contributed by atoms with Gasteiger partial charge in [-0.05, 0) is 95.4 Å². The molecule has 1 aliphatic rings. The molecule has 3 N–H and O–H groups in total. The van der Waals surface area contributed by atoms with Crippen LogP contribution < -0.4 is 20.3 Å². The van der Waals surface area contributed by atoms with Crippen molar-refractivity contribution < 1.29 is 33.8 Å². The standard InChI is InChI=1S/C25H33N3O3.C5H12O.C4H10O.C2H3NO2.C2H6S/c1-4-8-20(3)28(18-30)14-21-13-23(12-11-19(21)2)31-25-16-27(15-24(25)26-17-29)22-9-6-5-7-10-22;1-5(2,3)6-4;1-2-3-4-5;4-1-3-2-5;1-3-2/h5-7,9-13,17-18,20,24-25H,4,8,14-16H2,1-3H3,(H,26,29);1-4H3;5H,2-4H2,1H3;1-2H,(H,3,4,5);1-2H3/t20?,24?,25-;;;;/m0..../s1. The van der Waals surface area contributed by atoms with Gasteiger partial charge in [0.15, 0.2) is 0 Å². The first-order chi connectivity index (χ1) is 23.9. The van der Waals surface area contributed by atoms with Gasteiger partial charge in [-0.1, -0.05) is 51.0 Å². The van der Waals surface area contributed by atoms with Gasteiger partial charge in [-0.25, -0.2) is 0 Å². The van der Waals surface area contributed by atoms with Crippen LogP contribution in [-0.2, 0) is 30.5 Å². The maximum atomic E-state index is 11.6. The minimum atomic E-state index is -0.165. The first-order valence-electron chi connectivity index (χ1n) is 17.0. The van der Waals surface area contributed by atoms with Crippen molar-refractivity contribution in [3.8, 4) is 5.75 Å². The second-order valence-corrected chi connectivity index (χ2v) is 13.3. The number of para-hydroxylation sites is 1. The molecule has 1 heterocycles. The number of hydrogen-bond acceptors (Lipinski definition) is 9. The Labute approximate surface area is 305 Å². The average Bonchev–Trinajstić information content (AvgIpc) is 3.49. The summed E-state index contributed by atoms with van der Waals surface area (Å²) >= 11 is 1.75. The second kappa shape index (κ2) is 30.2. The summed E-state index contributed by atoms with van der Waals surface area (Å²) < 4.78 is 11.3. The number of methoxy groups -OCH3 is 1. The first-order valence-corrected chi connectivity index (χ1v) is 18.7. The van der Waals surface area contributed by atoms with Crippen molar-refractivity contribution in [2.24, 2.45) is 0 Å². The third-order valence-electron chi connectivity index (χ3n) is 7.30. The molecule has 2 aromatic rings. The van der Waals surface area contributed by atoms with E-state index in [1.165, 1.54) is 0 Å². The van der Waals surface area contributed by atoms with Crippen molar-refractivity contribution in [3.05, 3.63) is 59.7 Å². The summed E-state index contributed by atoms with van der Waals surface area (Å²) in [6, 6.07) is 16.3. The third kappa shape index (κ3) is 22.9. The van der Waals surface area contributed by atoms with Crippen LogP contribution in [0.5, 0.6) is 5.75 Å². The zero-order chi connectivity index (χ0) is 38.4. The molecule has 11 nitrogen and oxygen atoms in total. The highest BCUT2D eigenvalue weighted by Crippen LogP contribution is 2.26. The van der Waals surface area contributed by atoms with Gasteiger partial charge in [-0.3, -0.25) is 19.2 Å². The molecule has 2 aromatic carbocycles. The van der Waals surface area contributed by atoms with E-state index in [1.54, 1.807) is 24.2 Å². The Kier molecular flexibility index (Phi) is 29.3. The van der Waals surface area contributed by atoms with E-state index in [1.807, 2.05) is 74.6 Å². The minimum Gasteiger partial charge on any atom is -0.486 e. The van der Waals surface area contributed by atoms with Gasteiger partial charge in [-0.2, -0.15) is 11.8 Å². The molecule has 0 spiro atoms. The number of benzene rings is 2. The number of unbranched alkanes of at least 4 members (excludes halogenated alkanes) is 1. The number of anilines is 1. The number of rotatable bonds is 15. The molecule has 0 aromatic heterocycles. The summed E-state index contributed by atoms with van der Waals surface area (Å²) in [7, 11) is 1.71. The van der Waals surface area contributed by atoms with Gasteiger partial charge in [0.2, 0.25) is 25.6 Å². The summed E-state index contributed by atoms with van der Waals surface area (Å²) in [5.74, 6) is 0.757. The van der Waals surface area contributed by atoms with Crippen LogP contribution in [0.2, 0.25) is 0 Å². The largest absolute Gasteiger partial charge is 0.486 e. The van der Waals surface area contributed by atoms with E-state index in [-0.39, 0.29) is 23.8 Å². The number of nitrogens with one attached hydrogen (secondary N) is 2. The molecule has 50 heavy (non-hydrogen) atoms. The molecule has 4 amide bonds. The molecule has 1 aliphatic heterocycles. The molecular formula is C38H64N4O7S. The maximum absolute atomic E-state index is 11.6. The molecule has 0 radical (unpaired) electrons. The SMILES string of the molecule is CCCC(C)N(C=O)Cc1cc(O[C@H]2CN(c3ccccc3)CC2NC=O)ccc1C.CCCCO.COC(C)(C)C.CSC.O=CNC=O. The Morgan fingerprint density at radius 1 is 1.00 bits per heavy atom. The predicted molar refractivity (Wildman–Crippen MR) is 207 cm³/mol. The number of aliphatic hydroxyl groups is 1. The van der Waals surface area contributed by atoms with Crippen LogP contribution >= 0.6 is 11.8 Å². The van der Waals surface area contributed by atoms with Crippen molar-refractivity contribution >= 4 is 43.1 Å². The topological polar surface area (TPSA) is 138 Å². The van der Waals surface area contributed by atoms with Gasteiger partial charge in [0.05, 0.1) is 18.2 Å². The number of imide groups is 1. The molecule has 3 rings (SSSR count). The van der Waals surface area contributed by atoms with E-state index in [0.717, 1.165) is 61.1 Å². The number of nitrogens with zero attached hydrogens (tertiary/aromatic N) is 2. The lowest BCUT2D eigenvalue weighted by atomic mass is 10.1. The number of carbonyl (C=O) groups is 4. The van der Waals surface area contributed by atoms with Crippen LogP contribution in [0.25, 0.3) is 0 Å². The van der Waals surface area contributed by atoms with E-state index in [9.17, 15) is 9.59 Å². The minimum absolute atomic E-state index is 0.0417. The van der Waals surface area contributed by atoms with Crippen LogP contribution in [-0.4, -0.2) is 98.8 Å². The zero-order valence-electron chi connectivity index (χ0n) is 32.0. The normalized spacial score (nSPS) is 15.0. The highest BCUT2D eigenvalue weighted by Gasteiger charge is 2.34. The highest BCUT2D eigenvalue weighted by atomic mass is 32.2. The van der Waals surface area contributed by atoms with Crippen molar-refractivity contribution in [1.29, 1.82) is 0 Å². The number of thioether (sulfide) groups is 1. The molecule has 12 heteroatoms. The Morgan fingerprint density at radius 2 is 1.60 bits per heavy atom. The van der Waals surface area contributed by atoms with Crippen molar-refractivity contribution in [2.45, 2.75) is 104 Å². The van der Waals surface area contributed by atoms with Crippen LogP contribution in [0.3, 0.4) is 0 Å². The molecule has 0 saturated carbocycles. The Hall–Kier alpha value is -3.61. The monoisotopic (exact) mass is 720 g/mol. The summed E-state index contributed by atoms with van der Waals surface area (Å²) in [5.41, 5.74) is 3.36. The molecular weight excluding hydrogens is 657 g/mol. The highest BCUT2D eigenvalue weighted by molar-refractivity contribution is 7.97. The predicted octanol–water partition coefficient (Wildman–Crippen LogP) is 5.60. The molecule has 3 atom stereocenters. The Bertz CT molecular complexity index is 1140. The van der Waals surface area contributed by atoms with Gasteiger partial charge >= 0.3 is 0 Å². The summed E-state index contributed by atoms with van der Waals surface area (Å²) in [4.78, 5) is 45.0. The molecule has 284 valence electrons. The van der Waals surface area contributed by atoms with Crippen molar-refractivity contribution in [3.63, 3.8) is 0 Å². The van der Waals surface area contributed by atoms with Gasteiger partial charge in [-0.15, -0.1) is 0 Å². The quantitative estimate of drug-likeness (QED) is 0.201. The maximum Gasteiger partial charge on any atom is 0.213 e. The lowest BCUT2D eigenvalue weighted by molar-refractivity contribution is -0.121. The smallest absolute Gasteiger partial charge is 0.213 e. The van der Waals surface area contributed by atoms with Gasteiger partial charge in [0, 0.05) is 38.5 Å². The number of aryl methyl sites for hydroxylation is 1. The molecule has 0 aliphatic carbocycles. The van der Waals surface area contributed by atoms with E-state index >= 15 is 0 Å². The average molecular weight is 721 g/mol. The number of aliphatic hydroxyl groups excluding tert-OH is 1. The van der Waals surface area contributed by atoms with E-state index in [4.69, 9.17) is 24.2 Å². The van der Waals surface area contributed by atoms with E-state index in [0.29, 0.717) is 39.1 Å². The molecule has 1 fully saturated rings. The number of hydrogen-bond donors (Lipinski definition) is 3. The number of ether oxygens (including phenoxy) is 2. The molecule has 0 bridgehead atoms. The van der Waals surface area contributed by atoms with E-state index in [2.05, 4.69) is 50.0 Å².